The summed E-state index contributed by atoms with van der Waals surface area (Å²) in [5.74, 6) is -8.89. The number of carbonyl (C=O) groups excluding carboxylic acids is 3. The van der Waals surface area contributed by atoms with Crippen LogP contribution < -0.4 is 16.4 Å². The Morgan fingerprint density at radius 3 is 2.26 bits per heavy atom. The molecule has 1 fully saturated rings. The lowest BCUT2D eigenvalue weighted by atomic mass is 9.57. The zero-order valence-electron chi connectivity index (χ0n) is 19.6. The van der Waals surface area contributed by atoms with Gasteiger partial charge in [0.05, 0.1) is 17.3 Å². The van der Waals surface area contributed by atoms with Crippen molar-refractivity contribution in [1.82, 2.24) is 4.90 Å². The van der Waals surface area contributed by atoms with Crippen molar-refractivity contribution in [3.63, 3.8) is 0 Å². The lowest BCUT2D eigenvalue weighted by molar-refractivity contribution is -0.153. The van der Waals surface area contributed by atoms with E-state index in [1.54, 1.807) is 14.1 Å². The van der Waals surface area contributed by atoms with E-state index in [1.807, 2.05) is 0 Å². The lowest BCUT2D eigenvalue weighted by Crippen LogP contribution is -2.65. The van der Waals surface area contributed by atoms with Crippen LogP contribution in [0.25, 0.3) is 5.76 Å². The highest BCUT2D eigenvalue weighted by molar-refractivity contribution is 6.24. The normalized spacial score (nSPS) is 28.1. The van der Waals surface area contributed by atoms with Crippen LogP contribution in [0.15, 0.2) is 16.9 Å². The van der Waals surface area contributed by atoms with E-state index < -0.39 is 75.3 Å². The molecule has 0 aromatic heterocycles. The van der Waals surface area contributed by atoms with E-state index in [0.29, 0.717) is 0 Å². The number of primary amides is 1. The quantitative estimate of drug-likeness (QED) is 0.187. The number of hydrogen-bond donors (Lipinski definition) is 6. The first kappa shape index (κ1) is 24.5. The third kappa shape index (κ3) is 2.99. The van der Waals surface area contributed by atoms with Crippen molar-refractivity contribution in [2.45, 2.75) is 24.5 Å². The molecule has 3 aliphatic rings. The van der Waals surface area contributed by atoms with E-state index in [4.69, 9.17) is 11.5 Å². The minimum Gasteiger partial charge on any atom is -0.508 e. The molecule has 4 rings (SSSR count). The number of Topliss-reactive ketones (excluding diaryl/α,β-unsaturated/α-hetero) is 2. The molecule has 1 aromatic carbocycles. The molecule has 4 atom stereocenters. The molecule has 1 aromatic rings. The first-order chi connectivity index (χ1) is 16.2. The summed E-state index contributed by atoms with van der Waals surface area (Å²) in [7, 11) is 6.11. The molecule has 0 heterocycles. The second-order valence-corrected chi connectivity index (χ2v) is 9.63. The van der Waals surface area contributed by atoms with Crippen LogP contribution in [0.1, 0.15) is 17.5 Å². The number of aliphatic hydroxyl groups is 3. The number of likely N-dealkylation sites (N-methyl/N-ethyl adjacent to an activating group) is 1. The fraction of sp³-hybridized carbons (Fsp3) is 0.435. The van der Waals surface area contributed by atoms with Crippen LogP contribution in [0, 0.1) is 17.7 Å². The summed E-state index contributed by atoms with van der Waals surface area (Å²) in [5, 5.41) is 44.1. The molecule has 11 nitrogen and oxygen atoms in total. The van der Waals surface area contributed by atoms with Gasteiger partial charge in [-0.25, -0.2) is 4.39 Å². The van der Waals surface area contributed by atoms with E-state index in [1.165, 1.54) is 23.9 Å². The van der Waals surface area contributed by atoms with Gasteiger partial charge in [-0.15, -0.1) is 0 Å². The minimum absolute atomic E-state index is 0.0109. The SMILES string of the molecule is CN(C)c1c(F)c(N)c(O)c2c1CC1CC3[C@H](N(C)C)C(=O)C(C(N)=O)=C(O)[C@@]3(O)C(=O)C1=C2O. The number of benzene rings is 1. The van der Waals surface area contributed by atoms with E-state index in [-0.39, 0.29) is 35.2 Å². The maximum Gasteiger partial charge on any atom is 0.255 e. The van der Waals surface area contributed by atoms with E-state index in [2.05, 4.69) is 0 Å². The number of amides is 1. The van der Waals surface area contributed by atoms with E-state index >= 15 is 0 Å². The second-order valence-electron chi connectivity index (χ2n) is 9.63. The molecule has 188 valence electrons. The van der Waals surface area contributed by atoms with Crippen molar-refractivity contribution in [3.8, 4) is 5.75 Å². The van der Waals surface area contributed by atoms with Gasteiger partial charge in [0.2, 0.25) is 5.78 Å². The van der Waals surface area contributed by atoms with Gasteiger partial charge >= 0.3 is 0 Å². The molecule has 1 saturated carbocycles. The molecule has 35 heavy (non-hydrogen) atoms. The molecule has 3 aliphatic carbocycles. The van der Waals surface area contributed by atoms with Crippen LogP contribution in [-0.2, 0) is 20.8 Å². The van der Waals surface area contributed by atoms with Gasteiger partial charge in [0.15, 0.2) is 23.0 Å². The average molecular weight is 490 g/mol. The first-order valence-electron chi connectivity index (χ1n) is 10.8. The Kier molecular flexibility index (Phi) is 5.38. The fourth-order valence-electron chi connectivity index (χ4n) is 5.81. The minimum atomic E-state index is -2.74. The number of fused-ring (bicyclic) bond motifs is 3. The van der Waals surface area contributed by atoms with Gasteiger partial charge in [0.25, 0.3) is 5.91 Å². The maximum absolute atomic E-state index is 15.0. The van der Waals surface area contributed by atoms with Crippen LogP contribution in [0.2, 0.25) is 0 Å². The number of hydrogen-bond acceptors (Lipinski definition) is 10. The Bertz CT molecular complexity index is 1270. The van der Waals surface area contributed by atoms with Gasteiger partial charge in [-0.3, -0.25) is 19.3 Å². The predicted molar refractivity (Wildman–Crippen MR) is 123 cm³/mol. The van der Waals surface area contributed by atoms with Crippen LogP contribution in [0.5, 0.6) is 5.75 Å². The first-order valence-corrected chi connectivity index (χ1v) is 10.8. The van der Waals surface area contributed by atoms with Crippen molar-refractivity contribution in [2.24, 2.45) is 17.6 Å². The number of ketones is 2. The Hall–Kier alpha value is -3.64. The molecule has 0 aliphatic heterocycles. The average Bonchev–Trinajstić information content (AvgIpc) is 2.74. The third-order valence-electron chi connectivity index (χ3n) is 7.28. The zero-order valence-corrected chi connectivity index (χ0v) is 19.6. The van der Waals surface area contributed by atoms with Gasteiger partial charge in [0, 0.05) is 25.6 Å². The lowest BCUT2D eigenvalue weighted by Gasteiger charge is -2.50. The number of nitrogen functional groups attached to an aromatic ring is 1. The van der Waals surface area contributed by atoms with Gasteiger partial charge in [-0.1, -0.05) is 0 Å². The Labute approximate surface area is 199 Å². The van der Waals surface area contributed by atoms with Crippen molar-refractivity contribution in [2.75, 3.05) is 38.8 Å². The smallest absolute Gasteiger partial charge is 0.255 e. The number of nitrogens with zero attached hydrogens (tertiary/aromatic N) is 2. The van der Waals surface area contributed by atoms with E-state index in [9.17, 15) is 39.2 Å². The molecule has 8 N–H and O–H groups in total. The predicted octanol–water partition coefficient (Wildman–Crippen LogP) is -0.249. The Balaban J connectivity index is 2.03. The number of phenols is 1. The van der Waals surface area contributed by atoms with Crippen LogP contribution in [0.4, 0.5) is 15.8 Å². The molecule has 0 bridgehead atoms. The second kappa shape index (κ2) is 7.68. The van der Waals surface area contributed by atoms with Crippen molar-refractivity contribution in [1.29, 1.82) is 0 Å². The summed E-state index contributed by atoms with van der Waals surface area (Å²) in [6, 6.07) is -1.20. The zero-order chi connectivity index (χ0) is 26.3. The molecular formula is C23H27FN4O7. The number of anilines is 2. The molecular weight excluding hydrogens is 463 g/mol. The van der Waals surface area contributed by atoms with Gasteiger partial charge < -0.3 is 36.8 Å². The van der Waals surface area contributed by atoms with Crippen LogP contribution in [-0.4, -0.2) is 82.6 Å². The topological polar surface area (TPSA) is 191 Å². The third-order valence-corrected chi connectivity index (χ3v) is 7.28. The fourth-order valence-corrected chi connectivity index (χ4v) is 5.81. The molecule has 0 spiro atoms. The van der Waals surface area contributed by atoms with Crippen molar-refractivity contribution < 1.29 is 39.2 Å². The number of halogens is 1. The summed E-state index contributed by atoms with van der Waals surface area (Å²) < 4.78 is 15.0. The molecule has 0 saturated heterocycles. The monoisotopic (exact) mass is 490 g/mol. The highest BCUT2D eigenvalue weighted by Gasteiger charge is 2.64. The molecule has 2 unspecified atom stereocenters. The highest BCUT2D eigenvalue weighted by atomic mass is 19.1. The highest BCUT2D eigenvalue weighted by Crippen LogP contribution is 2.54. The molecule has 0 radical (unpaired) electrons. The number of rotatable bonds is 3. The number of aliphatic hydroxyl groups excluding tert-OH is 2. The van der Waals surface area contributed by atoms with E-state index in [0.717, 1.165) is 0 Å². The Morgan fingerprint density at radius 1 is 1.14 bits per heavy atom. The number of carbonyl (C=O) groups is 3. The van der Waals surface area contributed by atoms with Crippen molar-refractivity contribution in [3.05, 3.63) is 33.8 Å². The summed E-state index contributed by atoms with van der Waals surface area (Å²) in [6.07, 6.45) is -0.127. The maximum atomic E-state index is 15.0. The summed E-state index contributed by atoms with van der Waals surface area (Å²) in [4.78, 5) is 41.6. The molecule has 12 heteroatoms. The number of phenolic OH excluding ortho intramolecular Hbond substituents is 1. The standard InChI is InChI=1S/C23H27FN4O7/c1-27(2)15-8-5-7-6-9-16(28(3)4)19(31)12(22(26)34)21(33)23(9,35)20(32)10(7)17(29)11(8)18(30)14(25)13(15)24/h7,9,16,29-30,33,35H,5-6,25H2,1-4H3,(H2,26,34)/t7?,9?,16-,23-/m0/s1. The summed E-state index contributed by atoms with van der Waals surface area (Å²) in [5.41, 5.74) is 6.36. The Morgan fingerprint density at radius 2 is 1.74 bits per heavy atom. The number of nitrogens with two attached hydrogens (primary N) is 2. The van der Waals surface area contributed by atoms with Gasteiger partial charge in [0.1, 0.15) is 22.8 Å². The molecule has 1 amide bonds. The van der Waals surface area contributed by atoms with Gasteiger partial charge in [-0.2, -0.15) is 0 Å². The largest absolute Gasteiger partial charge is 0.508 e. The summed E-state index contributed by atoms with van der Waals surface area (Å²) in [6.45, 7) is 0. The van der Waals surface area contributed by atoms with Crippen LogP contribution >= 0.6 is 0 Å². The summed E-state index contributed by atoms with van der Waals surface area (Å²) >= 11 is 0. The van der Waals surface area contributed by atoms with Crippen LogP contribution in [0.3, 0.4) is 0 Å². The van der Waals surface area contributed by atoms with Crippen molar-refractivity contribution >= 4 is 34.6 Å². The number of aromatic hydroxyl groups is 1. The van der Waals surface area contributed by atoms with Gasteiger partial charge in [-0.05, 0) is 38.4 Å².